The third-order valence-electron chi connectivity index (χ3n) is 6.64. The Kier molecular flexibility index (Phi) is 10.7. The number of anilines is 1. The van der Waals surface area contributed by atoms with Gasteiger partial charge in [0.15, 0.2) is 0 Å². The van der Waals surface area contributed by atoms with E-state index in [1.807, 2.05) is 52.0 Å². The molecule has 1 N–H and O–H groups in total. The lowest BCUT2D eigenvalue weighted by Gasteiger charge is -2.33. The van der Waals surface area contributed by atoms with E-state index >= 15 is 0 Å². The van der Waals surface area contributed by atoms with Crippen molar-refractivity contribution >= 4 is 27.5 Å². The van der Waals surface area contributed by atoms with Crippen LogP contribution in [0, 0.1) is 12.8 Å². The number of aryl methyl sites for hydroxylation is 1. The molecule has 0 heterocycles. The van der Waals surface area contributed by atoms with Crippen LogP contribution in [-0.4, -0.2) is 51.4 Å². The third-order valence-corrected chi connectivity index (χ3v) is 8.43. The molecule has 0 aromatic heterocycles. The number of hydrogen-bond acceptors (Lipinski definition) is 5. The maximum absolute atomic E-state index is 14.1. The van der Waals surface area contributed by atoms with Gasteiger partial charge in [-0.2, -0.15) is 0 Å². The van der Waals surface area contributed by atoms with Crippen LogP contribution in [0.3, 0.4) is 0 Å². The largest absolute Gasteiger partial charge is 0.497 e. The Morgan fingerprint density at radius 2 is 1.55 bits per heavy atom. The average molecular weight is 566 g/mol. The van der Waals surface area contributed by atoms with Crippen molar-refractivity contribution in [3.8, 4) is 5.75 Å². The zero-order chi connectivity index (χ0) is 29.3. The molecule has 0 bridgehead atoms. The first kappa shape index (κ1) is 30.7. The lowest BCUT2D eigenvalue weighted by Crippen LogP contribution is -2.52. The third kappa shape index (κ3) is 7.63. The molecule has 0 spiro atoms. The van der Waals surface area contributed by atoms with Crippen LogP contribution in [-0.2, 0) is 26.2 Å². The quantitative estimate of drug-likeness (QED) is 0.322. The molecule has 40 heavy (non-hydrogen) atoms. The lowest BCUT2D eigenvalue weighted by molar-refractivity contribution is -0.140. The van der Waals surface area contributed by atoms with Gasteiger partial charge in [0, 0.05) is 13.1 Å². The molecule has 0 saturated heterocycles. The molecule has 0 aliphatic heterocycles. The highest BCUT2D eigenvalue weighted by molar-refractivity contribution is 7.92. The van der Waals surface area contributed by atoms with E-state index in [1.165, 1.54) is 24.1 Å². The standard InChI is InChI=1S/C31H39N3O5S/c1-6-29(31(36)32-20-23(2)3)33(21-25-13-11-10-12-24(25)4)30(35)22-34(26-14-8-7-9-15-26)40(37,38)28-18-16-27(39-5)17-19-28/h7-19,23,29H,6,20-22H2,1-5H3,(H,32,36). The van der Waals surface area contributed by atoms with E-state index in [2.05, 4.69) is 5.32 Å². The number of sulfonamides is 1. The van der Waals surface area contributed by atoms with Crippen molar-refractivity contribution in [1.82, 2.24) is 10.2 Å². The lowest BCUT2D eigenvalue weighted by atomic mass is 10.1. The van der Waals surface area contributed by atoms with Crippen molar-refractivity contribution in [2.45, 2.75) is 51.6 Å². The van der Waals surface area contributed by atoms with Gasteiger partial charge in [-0.3, -0.25) is 13.9 Å². The minimum Gasteiger partial charge on any atom is -0.497 e. The monoisotopic (exact) mass is 565 g/mol. The van der Waals surface area contributed by atoms with Gasteiger partial charge in [0.25, 0.3) is 10.0 Å². The molecular formula is C31H39N3O5S. The number of nitrogens with zero attached hydrogens (tertiary/aromatic N) is 2. The van der Waals surface area contributed by atoms with Crippen molar-refractivity contribution in [2.24, 2.45) is 5.92 Å². The van der Waals surface area contributed by atoms with E-state index in [0.29, 0.717) is 24.4 Å². The summed E-state index contributed by atoms with van der Waals surface area (Å²) in [5.41, 5.74) is 2.21. The van der Waals surface area contributed by atoms with Gasteiger partial charge in [-0.15, -0.1) is 0 Å². The number of para-hydroxylation sites is 1. The normalized spacial score (nSPS) is 12.1. The fraction of sp³-hybridized carbons (Fsp3) is 0.355. The molecule has 1 unspecified atom stereocenters. The summed E-state index contributed by atoms with van der Waals surface area (Å²) < 4.78 is 34.1. The number of hydrogen-bond donors (Lipinski definition) is 1. The van der Waals surface area contributed by atoms with Crippen LogP contribution in [0.5, 0.6) is 5.75 Å². The van der Waals surface area contributed by atoms with E-state index in [1.54, 1.807) is 42.5 Å². The highest BCUT2D eigenvalue weighted by Gasteiger charge is 2.33. The molecule has 3 aromatic rings. The van der Waals surface area contributed by atoms with Crippen LogP contribution >= 0.6 is 0 Å². The van der Waals surface area contributed by atoms with E-state index in [-0.39, 0.29) is 23.3 Å². The first-order valence-corrected chi connectivity index (χ1v) is 14.9. The van der Waals surface area contributed by atoms with Crippen LogP contribution in [0.25, 0.3) is 0 Å². The molecule has 3 rings (SSSR count). The Hall–Kier alpha value is -3.85. The van der Waals surface area contributed by atoms with Gasteiger partial charge in [0.2, 0.25) is 11.8 Å². The topological polar surface area (TPSA) is 96.0 Å². The Balaban J connectivity index is 2.03. The summed E-state index contributed by atoms with van der Waals surface area (Å²) in [4.78, 5) is 28.9. The predicted molar refractivity (Wildman–Crippen MR) is 158 cm³/mol. The Bertz CT molecular complexity index is 1380. The molecule has 214 valence electrons. The number of benzene rings is 3. The molecule has 8 nitrogen and oxygen atoms in total. The van der Waals surface area contributed by atoms with Gasteiger partial charge >= 0.3 is 0 Å². The fourth-order valence-electron chi connectivity index (χ4n) is 4.31. The summed E-state index contributed by atoms with van der Waals surface area (Å²) in [6.45, 7) is 7.97. The average Bonchev–Trinajstić information content (AvgIpc) is 2.95. The van der Waals surface area contributed by atoms with Crippen LogP contribution < -0.4 is 14.4 Å². The first-order chi connectivity index (χ1) is 19.1. The molecule has 2 amide bonds. The summed E-state index contributed by atoms with van der Waals surface area (Å²) in [6.07, 6.45) is 0.373. The molecule has 0 saturated carbocycles. The van der Waals surface area contributed by atoms with Gasteiger partial charge < -0.3 is 15.0 Å². The van der Waals surface area contributed by atoms with Gasteiger partial charge in [-0.25, -0.2) is 8.42 Å². The van der Waals surface area contributed by atoms with Gasteiger partial charge in [-0.05, 0) is 66.8 Å². The summed E-state index contributed by atoms with van der Waals surface area (Å²) in [7, 11) is -2.63. The number of amides is 2. The fourth-order valence-corrected chi connectivity index (χ4v) is 5.73. The molecule has 0 radical (unpaired) electrons. The van der Waals surface area contributed by atoms with E-state index in [4.69, 9.17) is 4.74 Å². The minimum atomic E-state index is -4.13. The summed E-state index contributed by atoms with van der Waals surface area (Å²) in [5.74, 6) is 0.0206. The highest BCUT2D eigenvalue weighted by Crippen LogP contribution is 2.26. The maximum atomic E-state index is 14.1. The zero-order valence-electron chi connectivity index (χ0n) is 23.8. The summed E-state index contributed by atoms with van der Waals surface area (Å²) in [6, 6.07) is 21.4. The van der Waals surface area contributed by atoms with E-state index in [9.17, 15) is 18.0 Å². The molecule has 0 aliphatic rings. The number of nitrogens with one attached hydrogen (secondary N) is 1. The summed E-state index contributed by atoms with van der Waals surface area (Å²) >= 11 is 0. The maximum Gasteiger partial charge on any atom is 0.264 e. The van der Waals surface area contributed by atoms with Crippen LogP contribution in [0.4, 0.5) is 5.69 Å². The van der Waals surface area contributed by atoms with Gasteiger partial charge in [0.1, 0.15) is 18.3 Å². The number of methoxy groups -OCH3 is 1. The summed E-state index contributed by atoms with van der Waals surface area (Å²) in [5, 5.41) is 2.94. The van der Waals surface area contributed by atoms with E-state index in [0.717, 1.165) is 15.4 Å². The van der Waals surface area contributed by atoms with Crippen LogP contribution in [0.1, 0.15) is 38.3 Å². The minimum absolute atomic E-state index is 0.0251. The van der Waals surface area contributed by atoms with Gasteiger partial charge in [-0.1, -0.05) is 63.2 Å². The van der Waals surface area contributed by atoms with Gasteiger partial charge in [0.05, 0.1) is 17.7 Å². The zero-order valence-corrected chi connectivity index (χ0v) is 24.6. The van der Waals surface area contributed by atoms with Crippen molar-refractivity contribution in [1.29, 1.82) is 0 Å². The van der Waals surface area contributed by atoms with Crippen molar-refractivity contribution in [2.75, 3.05) is 24.5 Å². The smallest absolute Gasteiger partial charge is 0.264 e. The Morgan fingerprint density at radius 1 is 0.925 bits per heavy atom. The Labute approximate surface area is 238 Å². The van der Waals surface area contributed by atoms with Crippen molar-refractivity contribution in [3.63, 3.8) is 0 Å². The van der Waals surface area contributed by atoms with E-state index < -0.39 is 28.5 Å². The van der Waals surface area contributed by atoms with Crippen molar-refractivity contribution < 1.29 is 22.7 Å². The predicted octanol–water partition coefficient (Wildman–Crippen LogP) is 4.78. The Morgan fingerprint density at radius 3 is 2.12 bits per heavy atom. The van der Waals surface area contributed by atoms with Crippen LogP contribution in [0.2, 0.25) is 0 Å². The highest BCUT2D eigenvalue weighted by atomic mass is 32.2. The van der Waals surface area contributed by atoms with Crippen molar-refractivity contribution in [3.05, 3.63) is 90.0 Å². The molecule has 3 aromatic carbocycles. The second-order valence-electron chi connectivity index (χ2n) is 10.0. The second-order valence-corrected chi connectivity index (χ2v) is 11.9. The molecule has 9 heteroatoms. The first-order valence-electron chi connectivity index (χ1n) is 13.4. The van der Waals surface area contributed by atoms with Crippen LogP contribution in [0.15, 0.2) is 83.8 Å². The molecule has 0 aliphatic carbocycles. The second kappa shape index (κ2) is 14.0. The number of rotatable bonds is 13. The molecule has 1 atom stereocenters. The SMILES string of the molecule is CCC(C(=O)NCC(C)C)N(Cc1ccccc1C)C(=O)CN(c1ccccc1)S(=O)(=O)c1ccc(OC)cc1. The number of carbonyl (C=O) groups excluding carboxylic acids is 2. The number of carbonyl (C=O) groups is 2. The molecule has 0 fully saturated rings. The number of ether oxygens (including phenoxy) is 1. The molecular weight excluding hydrogens is 526 g/mol.